The molecule has 0 aliphatic rings. The van der Waals surface area contributed by atoms with Gasteiger partial charge in [-0.1, -0.05) is 6.07 Å². The fraction of sp³-hybridized carbons (Fsp3) is 0.533. The number of ether oxygens (including phenoxy) is 1. The molecule has 3 heteroatoms. The number of nitriles is 1. The van der Waals surface area contributed by atoms with Crippen molar-refractivity contribution in [2.45, 2.75) is 40.0 Å². The van der Waals surface area contributed by atoms with E-state index in [1.54, 1.807) is 0 Å². The van der Waals surface area contributed by atoms with E-state index in [0.29, 0.717) is 12.3 Å². The summed E-state index contributed by atoms with van der Waals surface area (Å²) < 4.78 is 5.66. The highest BCUT2D eigenvalue weighted by Crippen LogP contribution is 2.24. The van der Waals surface area contributed by atoms with Crippen molar-refractivity contribution in [3.05, 3.63) is 23.8 Å². The molecule has 0 radical (unpaired) electrons. The molecule has 0 saturated heterocycles. The molecule has 0 atom stereocenters. The Hall–Kier alpha value is -1.69. The molecule has 1 aromatic rings. The predicted octanol–water partition coefficient (Wildman–Crippen LogP) is 3.68. The van der Waals surface area contributed by atoms with Crippen LogP contribution in [0.15, 0.2) is 18.2 Å². The van der Waals surface area contributed by atoms with E-state index in [4.69, 9.17) is 15.7 Å². The number of nitrogen functional groups attached to an aromatic ring is 1. The Kier molecular flexibility index (Phi) is 5.03. The number of hydrogen-bond donors (Lipinski definition) is 1. The standard InChI is InChI=1S/C15H22N2O/c1-12-6-7-13(17)14(10-12)18-9-5-4-8-15(2,3)11-16/h6-7,10H,4-5,8-9,17H2,1-3H3. The van der Waals surface area contributed by atoms with Crippen LogP contribution in [0.3, 0.4) is 0 Å². The van der Waals surface area contributed by atoms with Gasteiger partial charge in [0.1, 0.15) is 5.75 Å². The fourth-order valence-electron chi connectivity index (χ4n) is 1.67. The van der Waals surface area contributed by atoms with Crippen molar-refractivity contribution in [2.24, 2.45) is 5.41 Å². The summed E-state index contributed by atoms with van der Waals surface area (Å²) in [6.45, 7) is 6.59. The van der Waals surface area contributed by atoms with Crippen LogP contribution < -0.4 is 10.5 Å². The van der Waals surface area contributed by atoms with Crippen molar-refractivity contribution in [1.29, 1.82) is 5.26 Å². The summed E-state index contributed by atoms with van der Waals surface area (Å²) in [7, 11) is 0. The summed E-state index contributed by atoms with van der Waals surface area (Å²) in [4.78, 5) is 0. The highest BCUT2D eigenvalue weighted by atomic mass is 16.5. The van der Waals surface area contributed by atoms with Crippen molar-refractivity contribution in [3.8, 4) is 11.8 Å². The molecule has 1 aromatic carbocycles. The number of nitrogens with zero attached hydrogens (tertiary/aromatic N) is 1. The molecular weight excluding hydrogens is 224 g/mol. The number of nitrogens with two attached hydrogens (primary N) is 1. The summed E-state index contributed by atoms with van der Waals surface area (Å²) in [6.07, 6.45) is 2.83. The van der Waals surface area contributed by atoms with Crippen molar-refractivity contribution >= 4 is 5.69 Å². The lowest BCUT2D eigenvalue weighted by Crippen LogP contribution is -2.08. The highest BCUT2D eigenvalue weighted by molar-refractivity contribution is 5.53. The Morgan fingerprint density at radius 3 is 2.72 bits per heavy atom. The molecule has 0 fully saturated rings. The maximum atomic E-state index is 8.90. The number of benzene rings is 1. The third-order valence-electron chi connectivity index (χ3n) is 2.93. The molecule has 0 heterocycles. The quantitative estimate of drug-likeness (QED) is 0.615. The predicted molar refractivity (Wildman–Crippen MR) is 74.3 cm³/mol. The third-order valence-corrected chi connectivity index (χ3v) is 2.93. The molecule has 98 valence electrons. The van der Waals surface area contributed by atoms with E-state index in [-0.39, 0.29) is 5.41 Å². The first-order chi connectivity index (χ1) is 8.44. The summed E-state index contributed by atoms with van der Waals surface area (Å²) in [6, 6.07) is 8.09. The smallest absolute Gasteiger partial charge is 0.142 e. The zero-order valence-corrected chi connectivity index (χ0v) is 11.5. The Morgan fingerprint density at radius 2 is 2.06 bits per heavy atom. The monoisotopic (exact) mass is 246 g/mol. The van der Waals surface area contributed by atoms with Crippen molar-refractivity contribution in [3.63, 3.8) is 0 Å². The minimum atomic E-state index is -0.234. The molecule has 0 unspecified atom stereocenters. The van der Waals surface area contributed by atoms with E-state index < -0.39 is 0 Å². The van der Waals surface area contributed by atoms with E-state index in [0.717, 1.165) is 30.6 Å². The molecule has 3 nitrogen and oxygen atoms in total. The molecule has 0 saturated carbocycles. The molecule has 0 amide bonds. The van der Waals surface area contributed by atoms with Gasteiger partial charge in [0.05, 0.1) is 23.8 Å². The van der Waals surface area contributed by atoms with Gasteiger partial charge in [-0.2, -0.15) is 5.26 Å². The second kappa shape index (κ2) is 6.30. The van der Waals surface area contributed by atoms with E-state index in [2.05, 4.69) is 6.07 Å². The molecule has 0 bridgehead atoms. The van der Waals surface area contributed by atoms with Crippen LogP contribution >= 0.6 is 0 Å². The number of unbranched alkanes of at least 4 members (excludes halogenated alkanes) is 1. The Labute approximate surface area is 110 Å². The molecule has 0 aromatic heterocycles. The lowest BCUT2D eigenvalue weighted by Gasteiger charge is -2.14. The van der Waals surface area contributed by atoms with Gasteiger partial charge in [0.25, 0.3) is 0 Å². The van der Waals surface area contributed by atoms with Gasteiger partial charge < -0.3 is 10.5 Å². The Bertz CT molecular complexity index is 433. The first-order valence-electron chi connectivity index (χ1n) is 6.35. The summed E-state index contributed by atoms with van der Waals surface area (Å²) >= 11 is 0. The number of rotatable bonds is 6. The number of anilines is 1. The van der Waals surface area contributed by atoms with Crippen molar-refractivity contribution in [1.82, 2.24) is 0 Å². The Balaban J connectivity index is 2.30. The maximum Gasteiger partial charge on any atom is 0.142 e. The topological polar surface area (TPSA) is 59.0 Å². The molecular formula is C15H22N2O. The number of hydrogen-bond acceptors (Lipinski definition) is 3. The lowest BCUT2D eigenvalue weighted by molar-refractivity contribution is 0.296. The molecule has 0 aliphatic heterocycles. The van der Waals surface area contributed by atoms with Crippen molar-refractivity contribution in [2.75, 3.05) is 12.3 Å². The summed E-state index contributed by atoms with van der Waals surface area (Å²) in [5.41, 5.74) is 7.42. The zero-order chi connectivity index (χ0) is 13.6. The average Bonchev–Trinajstić information content (AvgIpc) is 2.33. The van der Waals surface area contributed by atoms with Crippen LogP contribution in [0.2, 0.25) is 0 Å². The second-order valence-corrected chi connectivity index (χ2v) is 5.34. The van der Waals surface area contributed by atoms with E-state index >= 15 is 0 Å². The van der Waals surface area contributed by atoms with Gasteiger partial charge >= 0.3 is 0 Å². The minimum Gasteiger partial charge on any atom is -0.491 e. The molecule has 18 heavy (non-hydrogen) atoms. The summed E-state index contributed by atoms with van der Waals surface area (Å²) in [5, 5.41) is 8.90. The van der Waals surface area contributed by atoms with Gasteiger partial charge in [-0.05, 0) is 57.7 Å². The van der Waals surface area contributed by atoms with Crippen LogP contribution in [-0.4, -0.2) is 6.61 Å². The first-order valence-corrected chi connectivity index (χ1v) is 6.35. The highest BCUT2D eigenvalue weighted by Gasteiger charge is 2.15. The SMILES string of the molecule is Cc1ccc(N)c(OCCCCC(C)(C)C#N)c1. The van der Waals surface area contributed by atoms with Gasteiger partial charge in [0, 0.05) is 0 Å². The van der Waals surface area contributed by atoms with Crippen LogP contribution in [0.25, 0.3) is 0 Å². The van der Waals surface area contributed by atoms with Crippen LogP contribution in [-0.2, 0) is 0 Å². The van der Waals surface area contributed by atoms with Crippen LogP contribution in [0.5, 0.6) is 5.75 Å². The maximum absolute atomic E-state index is 8.90. The van der Waals surface area contributed by atoms with Crippen LogP contribution in [0.1, 0.15) is 38.7 Å². The first kappa shape index (κ1) is 14.4. The van der Waals surface area contributed by atoms with E-state index in [1.165, 1.54) is 0 Å². The third kappa shape index (κ3) is 4.67. The van der Waals surface area contributed by atoms with Gasteiger partial charge in [-0.3, -0.25) is 0 Å². The molecule has 1 rings (SSSR count). The normalized spacial score (nSPS) is 11.0. The summed E-state index contributed by atoms with van der Waals surface area (Å²) in [5.74, 6) is 0.759. The van der Waals surface area contributed by atoms with E-state index in [1.807, 2.05) is 39.0 Å². The molecule has 0 aliphatic carbocycles. The second-order valence-electron chi connectivity index (χ2n) is 5.34. The average molecular weight is 246 g/mol. The van der Waals surface area contributed by atoms with Gasteiger partial charge in [-0.25, -0.2) is 0 Å². The van der Waals surface area contributed by atoms with Gasteiger partial charge in [-0.15, -0.1) is 0 Å². The van der Waals surface area contributed by atoms with Crippen LogP contribution in [0, 0.1) is 23.7 Å². The number of aryl methyl sites for hydroxylation is 1. The molecule has 0 spiro atoms. The fourth-order valence-corrected chi connectivity index (χ4v) is 1.67. The lowest BCUT2D eigenvalue weighted by atomic mass is 9.89. The zero-order valence-electron chi connectivity index (χ0n) is 11.5. The van der Waals surface area contributed by atoms with Crippen LogP contribution in [0.4, 0.5) is 5.69 Å². The van der Waals surface area contributed by atoms with Gasteiger partial charge in [0.15, 0.2) is 0 Å². The molecule has 2 N–H and O–H groups in total. The van der Waals surface area contributed by atoms with Gasteiger partial charge in [0.2, 0.25) is 0 Å². The van der Waals surface area contributed by atoms with E-state index in [9.17, 15) is 0 Å². The Morgan fingerprint density at radius 1 is 1.33 bits per heavy atom. The largest absolute Gasteiger partial charge is 0.491 e. The minimum absolute atomic E-state index is 0.234. The van der Waals surface area contributed by atoms with Crippen molar-refractivity contribution < 1.29 is 4.74 Å².